The van der Waals surface area contributed by atoms with Crippen molar-refractivity contribution in [2.24, 2.45) is 0 Å². The van der Waals surface area contributed by atoms with Gasteiger partial charge in [0.15, 0.2) is 5.15 Å². The summed E-state index contributed by atoms with van der Waals surface area (Å²) >= 11 is 6.17. The molecule has 8 heteroatoms. The summed E-state index contributed by atoms with van der Waals surface area (Å²) in [7, 11) is 1.50. The number of hydrogen-bond donors (Lipinski definition) is 0. The van der Waals surface area contributed by atoms with Gasteiger partial charge >= 0.3 is 0 Å². The van der Waals surface area contributed by atoms with Gasteiger partial charge in [-0.15, -0.1) is 0 Å². The lowest BCUT2D eigenvalue weighted by Crippen LogP contribution is -1.97. The first-order chi connectivity index (χ1) is 9.91. The Morgan fingerprint density at radius 2 is 2.10 bits per heavy atom. The number of aromatic nitrogens is 2. The van der Waals surface area contributed by atoms with Crippen LogP contribution in [0.2, 0.25) is 5.15 Å². The van der Waals surface area contributed by atoms with Crippen LogP contribution in [0.1, 0.15) is 30.0 Å². The molecule has 2 aromatic rings. The van der Waals surface area contributed by atoms with E-state index in [0.717, 1.165) is 12.8 Å². The summed E-state index contributed by atoms with van der Waals surface area (Å²) in [6, 6.07) is 8.61. The highest BCUT2D eigenvalue weighted by Gasteiger charge is 2.36. The normalized spacial score (nSPS) is 14.9. The van der Waals surface area contributed by atoms with Crippen molar-refractivity contribution in [2.45, 2.75) is 23.7 Å². The average molecular weight is 342 g/mol. The van der Waals surface area contributed by atoms with E-state index in [1.807, 2.05) is 6.07 Å². The first-order valence-corrected chi connectivity index (χ1v) is 8.84. The Balaban J connectivity index is 2.22. The van der Waals surface area contributed by atoms with Gasteiger partial charge in [-0.3, -0.25) is 0 Å². The Morgan fingerprint density at radius 3 is 2.67 bits per heavy atom. The van der Waals surface area contributed by atoms with Crippen LogP contribution in [0.3, 0.4) is 0 Å². The smallest absolute Gasteiger partial charge is 0.220 e. The second-order valence-electron chi connectivity index (χ2n) is 4.79. The van der Waals surface area contributed by atoms with Crippen LogP contribution < -0.4 is 0 Å². The summed E-state index contributed by atoms with van der Waals surface area (Å²) in [5, 5.41) is 13.2. The predicted molar refractivity (Wildman–Crippen MR) is 78.3 cm³/mol. The predicted octanol–water partition coefficient (Wildman–Crippen LogP) is 3.20. The molecule has 21 heavy (non-hydrogen) atoms. The summed E-state index contributed by atoms with van der Waals surface area (Å²) in [5.74, 6) is 0.0754. The lowest BCUT2D eigenvalue weighted by molar-refractivity contribution is 0.608. The molecule has 0 N–H and O–H groups in total. The van der Waals surface area contributed by atoms with Gasteiger partial charge < -0.3 is 0 Å². The number of nitrogens with zero attached hydrogens (tertiary/aromatic N) is 3. The third-order valence-corrected chi connectivity index (χ3v) is 5.06. The minimum absolute atomic E-state index is 0.0537. The first-order valence-electron chi connectivity index (χ1n) is 6.15. The maximum absolute atomic E-state index is 11.7. The zero-order valence-corrected chi connectivity index (χ0v) is 13.0. The monoisotopic (exact) mass is 341 g/mol. The fourth-order valence-corrected chi connectivity index (χ4v) is 3.98. The molecule has 1 aromatic heterocycles. The minimum Gasteiger partial charge on any atom is -0.220 e. The highest BCUT2D eigenvalue weighted by atomic mass is 35.7. The van der Waals surface area contributed by atoms with Gasteiger partial charge in [0.1, 0.15) is 4.90 Å². The summed E-state index contributed by atoms with van der Waals surface area (Å²) in [6.45, 7) is 0. The van der Waals surface area contributed by atoms with E-state index in [2.05, 4.69) is 5.10 Å². The maximum atomic E-state index is 11.7. The first kappa shape index (κ1) is 14.4. The molecule has 0 unspecified atom stereocenters. The minimum atomic E-state index is -3.98. The molecule has 5 nitrogen and oxygen atoms in total. The molecule has 108 valence electrons. The van der Waals surface area contributed by atoms with E-state index in [0.29, 0.717) is 16.9 Å². The molecule has 1 aromatic carbocycles. The Labute approximate surface area is 131 Å². The van der Waals surface area contributed by atoms with Crippen LogP contribution >= 0.6 is 22.3 Å². The third-order valence-electron chi connectivity index (χ3n) is 3.24. The van der Waals surface area contributed by atoms with Gasteiger partial charge in [-0.1, -0.05) is 17.7 Å². The average Bonchev–Trinajstić information content (AvgIpc) is 3.21. The Kier molecular flexibility index (Phi) is 3.44. The molecule has 0 radical (unpaired) electrons. The highest BCUT2D eigenvalue weighted by molar-refractivity contribution is 8.13. The molecule has 0 aliphatic heterocycles. The number of halogens is 2. The molecule has 0 amide bonds. The Bertz CT molecular complexity index is 864. The molecule has 0 bridgehead atoms. The largest absolute Gasteiger partial charge is 0.266 e. The maximum Gasteiger partial charge on any atom is 0.266 e. The zero-order valence-electron chi connectivity index (χ0n) is 10.6. The van der Waals surface area contributed by atoms with Crippen LogP contribution in [-0.2, 0) is 9.05 Å². The fourth-order valence-electron chi connectivity index (χ4n) is 2.13. The van der Waals surface area contributed by atoms with E-state index >= 15 is 0 Å². The van der Waals surface area contributed by atoms with Crippen LogP contribution in [-0.4, -0.2) is 18.2 Å². The number of hydrogen-bond acceptors (Lipinski definition) is 4. The fraction of sp³-hybridized carbons (Fsp3) is 0.231. The van der Waals surface area contributed by atoms with Crippen molar-refractivity contribution in [3.05, 3.63) is 40.7 Å². The molecule has 1 aliphatic rings. The summed E-state index contributed by atoms with van der Waals surface area (Å²) in [4.78, 5) is -0.129. The van der Waals surface area contributed by atoms with Crippen molar-refractivity contribution in [1.29, 1.82) is 5.26 Å². The third kappa shape index (κ3) is 2.64. The molecular formula is C13H9Cl2N3O2S. The SMILES string of the molecule is N#Cc1cccc(-n2nc(C3CC3)c(S(=O)(=O)Cl)c2Cl)c1. The molecule has 1 fully saturated rings. The van der Waals surface area contributed by atoms with Gasteiger partial charge in [0.2, 0.25) is 0 Å². The van der Waals surface area contributed by atoms with Gasteiger partial charge in [0, 0.05) is 16.6 Å². The van der Waals surface area contributed by atoms with Crippen molar-refractivity contribution < 1.29 is 8.42 Å². The molecule has 0 atom stereocenters. The van der Waals surface area contributed by atoms with Crippen LogP contribution in [0, 0.1) is 11.3 Å². The molecule has 1 saturated carbocycles. The second kappa shape index (κ2) is 5.02. The Morgan fingerprint density at radius 1 is 1.38 bits per heavy atom. The van der Waals surface area contributed by atoms with Gasteiger partial charge in [-0.05, 0) is 31.0 Å². The lowest BCUT2D eigenvalue weighted by atomic mass is 10.2. The van der Waals surface area contributed by atoms with Gasteiger partial charge in [0.25, 0.3) is 9.05 Å². The van der Waals surface area contributed by atoms with Crippen molar-refractivity contribution in [1.82, 2.24) is 9.78 Å². The molecule has 0 saturated heterocycles. The van der Waals surface area contributed by atoms with Crippen molar-refractivity contribution in [3.63, 3.8) is 0 Å². The van der Waals surface area contributed by atoms with E-state index in [4.69, 9.17) is 27.5 Å². The van der Waals surface area contributed by atoms with E-state index < -0.39 is 9.05 Å². The number of benzene rings is 1. The summed E-state index contributed by atoms with van der Waals surface area (Å²) < 4.78 is 24.8. The van der Waals surface area contributed by atoms with Crippen LogP contribution in [0.5, 0.6) is 0 Å². The summed E-state index contributed by atoms with van der Waals surface area (Å²) in [5.41, 5.74) is 1.35. The van der Waals surface area contributed by atoms with Crippen molar-refractivity contribution in [3.8, 4) is 11.8 Å². The van der Waals surface area contributed by atoms with Crippen LogP contribution in [0.15, 0.2) is 29.2 Å². The van der Waals surface area contributed by atoms with E-state index in [1.54, 1.807) is 24.3 Å². The summed E-state index contributed by atoms with van der Waals surface area (Å²) in [6.07, 6.45) is 1.73. The quantitative estimate of drug-likeness (QED) is 0.803. The van der Waals surface area contributed by atoms with E-state index in [-0.39, 0.29) is 16.0 Å². The standard InChI is InChI=1S/C13H9Cl2N3O2S/c14-13-12(21(15,19)20)11(9-4-5-9)17-18(13)10-3-1-2-8(6-10)7-16/h1-3,6,9H,4-5H2. The topological polar surface area (TPSA) is 75.8 Å². The van der Waals surface area contributed by atoms with E-state index in [1.165, 1.54) is 4.68 Å². The zero-order chi connectivity index (χ0) is 15.2. The molecular weight excluding hydrogens is 333 g/mol. The van der Waals surface area contributed by atoms with Crippen molar-refractivity contribution >= 4 is 31.3 Å². The molecule has 1 aliphatic carbocycles. The number of nitriles is 1. The lowest BCUT2D eigenvalue weighted by Gasteiger charge is -2.03. The number of rotatable bonds is 3. The van der Waals surface area contributed by atoms with Crippen molar-refractivity contribution in [2.75, 3.05) is 0 Å². The van der Waals surface area contributed by atoms with E-state index in [9.17, 15) is 8.42 Å². The van der Waals surface area contributed by atoms with Gasteiger partial charge in [0.05, 0.1) is 23.0 Å². The molecule has 3 rings (SSSR count). The molecule has 1 heterocycles. The van der Waals surface area contributed by atoms with Crippen LogP contribution in [0.25, 0.3) is 5.69 Å². The van der Waals surface area contributed by atoms with Gasteiger partial charge in [-0.25, -0.2) is 13.1 Å². The van der Waals surface area contributed by atoms with Gasteiger partial charge in [-0.2, -0.15) is 10.4 Å². The highest BCUT2D eigenvalue weighted by Crippen LogP contribution is 2.45. The van der Waals surface area contributed by atoms with Crippen LogP contribution in [0.4, 0.5) is 0 Å². The molecule has 0 spiro atoms. The second-order valence-corrected chi connectivity index (χ2v) is 7.65. The Hall–Kier alpha value is -1.55.